The van der Waals surface area contributed by atoms with Crippen molar-refractivity contribution in [2.24, 2.45) is 0 Å². The van der Waals surface area contributed by atoms with Crippen LogP contribution in [0.4, 0.5) is 5.69 Å². The minimum absolute atomic E-state index is 0.927. The number of anilines is 1. The average Bonchev–Trinajstić information content (AvgIpc) is 2.14. The maximum absolute atomic E-state index is 5.84. The fourth-order valence-electron chi connectivity index (χ4n) is 1.12. The van der Waals surface area contributed by atoms with Crippen LogP contribution in [0.5, 0.6) is 0 Å². The Balaban J connectivity index is 0.000000671. The smallest absolute Gasteiger partial charge is 0.0376 e. The maximum atomic E-state index is 5.84. The van der Waals surface area contributed by atoms with Crippen LogP contribution in [0.2, 0.25) is 0 Å². The molecule has 2 N–H and O–H groups in total. The van der Waals surface area contributed by atoms with E-state index < -0.39 is 0 Å². The molecule has 1 nitrogen and oxygen atoms in total. The van der Waals surface area contributed by atoms with Crippen LogP contribution in [0.15, 0.2) is 16.6 Å². The number of hydrogen-bond acceptors (Lipinski definition) is 1. The van der Waals surface area contributed by atoms with Crippen LogP contribution in [0.25, 0.3) is 0 Å². The van der Waals surface area contributed by atoms with Gasteiger partial charge in [-0.25, -0.2) is 0 Å². The Morgan fingerprint density at radius 1 is 1.31 bits per heavy atom. The number of halogens is 1. The summed E-state index contributed by atoms with van der Waals surface area (Å²) in [6.07, 6.45) is 0.992. The van der Waals surface area contributed by atoms with E-state index in [9.17, 15) is 0 Å². The third-order valence-corrected chi connectivity index (χ3v) is 2.28. The van der Waals surface area contributed by atoms with Gasteiger partial charge in [0, 0.05) is 10.2 Å². The van der Waals surface area contributed by atoms with Gasteiger partial charge in [0.05, 0.1) is 0 Å². The Morgan fingerprint density at radius 3 is 2.31 bits per heavy atom. The van der Waals surface area contributed by atoms with Gasteiger partial charge in [0.15, 0.2) is 0 Å². The molecule has 0 amide bonds. The molecule has 0 fully saturated rings. The summed E-state index contributed by atoms with van der Waals surface area (Å²) in [5.41, 5.74) is 9.14. The highest BCUT2D eigenvalue weighted by atomic mass is 79.9. The molecule has 13 heavy (non-hydrogen) atoms. The van der Waals surface area contributed by atoms with Gasteiger partial charge in [-0.1, -0.05) is 36.7 Å². The van der Waals surface area contributed by atoms with E-state index in [1.807, 2.05) is 26.8 Å². The molecular formula is C11H18BrN. The van der Waals surface area contributed by atoms with E-state index in [-0.39, 0.29) is 0 Å². The van der Waals surface area contributed by atoms with Gasteiger partial charge in [0.25, 0.3) is 0 Å². The second-order valence-corrected chi connectivity index (χ2v) is 3.56. The van der Waals surface area contributed by atoms with Gasteiger partial charge >= 0.3 is 0 Å². The zero-order valence-electron chi connectivity index (χ0n) is 8.82. The molecule has 0 unspecified atom stereocenters. The van der Waals surface area contributed by atoms with E-state index in [1.54, 1.807) is 0 Å². The minimum atomic E-state index is 0.927. The first kappa shape index (κ1) is 12.5. The van der Waals surface area contributed by atoms with E-state index in [4.69, 9.17) is 5.73 Å². The van der Waals surface area contributed by atoms with Gasteiger partial charge in [-0.05, 0) is 36.6 Å². The van der Waals surface area contributed by atoms with Crippen molar-refractivity contribution in [1.29, 1.82) is 0 Å². The quantitative estimate of drug-likeness (QED) is 0.744. The third-order valence-electron chi connectivity index (χ3n) is 1.82. The predicted octanol–water partition coefficient (Wildman–Crippen LogP) is 3.93. The molecule has 1 aromatic rings. The largest absolute Gasteiger partial charge is 0.398 e. The summed E-state index contributed by atoms with van der Waals surface area (Å²) < 4.78 is 1.11. The monoisotopic (exact) mass is 243 g/mol. The first-order valence-electron chi connectivity index (χ1n) is 4.69. The number of aryl methyl sites for hydroxylation is 2. The van der Waals surface area contributed by atoms with E-state index in [0.29, 0.717) is 0 Å². The van der Waals surface area contributed by atoms with E-state index in [2.05, 4.69) is 28.9 Å². The van der Waals surface area contributed by atoms with Crippen molar-refractivity contribution in [3.63, 3.8) is 0 Å². The molecule has 0 spiro atoms. The molecule has 0 saturated heterocycles. The van der Waals surface area contributed by atoms with Crippen LogP contribution in [0, 0.1) is 6.92 Å². The summed E-state index contributed by atoms with van der Waals surface area (Å²) in [5.74, 6) is 0. The molecule has 0 aliphatic carbocycles. The van der Waals surface area contributed by atoms with Gasteiger partial charge < -0.3 is 5.73 Å². The van der Waals surface area contributed by atoms with E-state index >= 15 is 0 Å². The summed E-state index contributed by atoms with van der Waals surface area (Å²) >= 11 is 3.43. The zero-order valence-corrected chi connectivity index (χ0v) is 10.4. The van der Waals surface area contributed by atoms with Gasteiger partial charge in [0.1, 0.15) is 0 Å². The van der Waals surface area contributed by atoms with Gasteiger partial charge in [0.2, 0.25) is 0 Å². The Bertz CT molecular complexity index is 269. The lowest BCUT2D eigenvalue weighted by molar-refractivity contribution is 1.13. The Morgan fingerprint density at radius 2 is 1.85 bits per heavy atom. The molecule has 74 valence electrons. The van der Waals surface area contributed by atoms with Crippen LogP contribution >= 0.6 is 15.9 Å². The van der Waals surface area contributed by atoms with Crippen molar-refractivity contribution in [3.05, 3.63) is 27.7 Å². The Kier molecular flexibility index (Phi) is 5.80. The topological polar surface area (TPSA) is 26.0 Å². The van der Waals surface area contributed by atoms with E-state index in [0.717, 1.165) is 22.1 Å². The first-order chi connectivity index (χ1) is 6.15. The molecule has 2 heteroatoms. The second-order valence-electron chi connectivity index (χ2n) is 2.65. The summed E-state index contributed by atoms with van der Waals surface area (Å²) in [5, 5.41) is 0. The lowest BCUT2D eigenvalue weighted by Crippen LogP contribution is -1.95. The maximum Gasteiger partial charge on any atom is 0.0376 e. The predicted molar refractivity (Wildman–Crippen MR) is 64.0 cm³/mol. The highest BCUT2D eigenvalue weighted by molar-refractivity contribution is 9.10. The van der Waals surface area contributed by atoms with Gasteiger partial charge in [-0.3, -0.25) is 0 Å². The summed E-state index contributed by atoms with van der Waals surface area (Å²) in [4.78, 5) is 0. The average molecular weight is 244 g/mol. The number of hydrogen-bond donors (Lipinski definition) is 1. The van der Waals surface area contributed by atoms with E-state index in [1.165, 1.54) is 5.56 Å². The molecule has 0 aliphatic heterocycles. The van der Waals surface area contributed by atoms with Crippen LogP contribution in [-0.2, 0) is 6.42 Å². The molecule has 0 radical (unpaired) electrons. The SMILES string of the molecule is CC.CCc1cc(Br)cc(C)c1N. The molecule has 1 rings (SSSR count). The Hall–Kier alpha value is -0.500. The van der Waals surface area contributed by atoms with Crippen LogP contribution < -0.4 is 5.73 Å². The van der Waals surface area contributed by atoms with Crippen molar-refractivity contribution in [1.82, 2.24) is 0 Å². The van der Waals surface area contributed by atoms with Crippen LogP contribution in [0.3, 0.4) is 0 Å². The standard InChI is InChI=1S/C9H12BrN.C2H6/c1-3-7-5-8(10)4-6(2)9(7)11;1-2/h4-5H,3,11H2,1-2H3;1-2H3. The van der Waals surface area contributed by atoms with Gasteiger partial charge in [-0.2, -0.15) is 0 Å². The highest BCUT2D eigenvalue weighted by Crippen LogP contribution is 2.23. The second kappa shape index (κ2) is 6.03. The summed E-state index contributed by atoms with van der Waals surface area (Å²) in [7, 11) is 0. The number of rotatable bonds is 1. The third kappa shape index (κ3) is 3.39. The number of nitrogen functional groups attached to an aromatic ring is 1. The van der Waals surface area contributed by atoms with Crippen molar-refractivity contribution < 1.29 is 0 Å². The number of nitrogens with two attached hydrogens (primary N) is 1. The van der Waals surface area contributed by atoms with Crippen molar-refractivity contribution in [3.8, 4) is 0 Å². The van der Waals surface area contributed by atoms with Gasteiger partial charge in [-0.15, -0.1) is 0 Å². The van der Waals surface area contributed by atoms with Crippen molar-refractivity contribution in [2.75, 3.05) is 5.73 Å². The molecule has 0 heterocycles. The summed E-state index contributed by atoms with van der Waals surface area (Å²) in [6.45, 7) is 8.14. The molecule has 0 atom stereocenters. The molecule has 0 aromatic heterocycles. The Labute approximate surface area is 89.5 Å². The normalized spacial score (nSPS) is 9.00. The van der Waals surface area contributed by atoms with Crippen LogP contribution in [-0.4, -0.2) is 0 Å². The first-order valence-corrected chi connectivity index (χ1v) is 5.49. The lowest BCUT2D eigenvalue weighted by Gasteiger charge is -2.06. The molecular weight excluding hydrogens is 226 g/mol. The van der Waals surface area contributed by atoms with Crippen LogP contribution in [0.1, 0.15) is 31.9 Å². The molecule has 1 aromatic carbocycles. The number of benzene rings is 1. The summed E-state index contributed by atoms with van der Waals surface area (Å²) in [6, 6.07) is 4.11. The minimum Gasteiger partial charge on any atom is -0.398 e. The highest BCUT2D eigenvalue weighted by Gasteiger charge is 2.00. The van der Waals surface area contributed by atoms with Crippen molar-refractivity contribution >= 4 is 21.6 Å². The zero-order chi connectivity index (χ0) is 10.4. The fourth-order valence-corrected chi connectivity index (χ4v) is 1.74. The fraction of sp³-hybridized carbons (Fsp3) is 0.455. The lowest BCUT2D eigenvalue weighted by atomic mass is 10.1. The molecule has 0 aliphatic rings. The van der Waals surface area contributed by atoms with Crippen molar-refractivity contribution in [2.45, 2.75) is 34.1 Å². The molecule has 0 saturated carbocycles. The molecule has 0 bridgehead atoms.